The van der Waals surface area contributed by atoms with Gasteiger partial charge in [0.15, 0.2) is 0 Å². The number of carbonyl (C=O) groups excluding carboxylic acids is 1. The van der Waals surface area contributed by atoms with Gasteiger partial charge in [0.2, 0.25) is 5.91 Å². The summed E-state index contributed by atoms with van der Waals surface area (Å²) in [5.74, 6) is 0.0155. The van der Waals surface area contributed by atoms with Gasteiger partial charge in [0.25, 0.3) is 6.43 Å². The van der Waals surface area contributed by atoms with Gasteiger partial charge in [-0.15, -0.1) is 0 Å². The Morgan fingerprint density at radius 2 is 1.94 bits per heavy atom. The van der Waals surface area contributed by atoms with Crippen molar-refractivity contribution in [3.63, 3.8) is 0 Å². The molecule has 5 heteroatoms. The second kappa shape index (κ2) is 7.06. The third-order valence-corrected chi connectivity index (χ3v) is 2.74. The Kier molecular flexibility index (Phi) is 5.71. The molecule has 1 aromatic rings. The highest BCUT2D eigenvalue weighted by Gasteiger charge is 2.07. The van der Waals surface area contributed by atoms with E-state index < -0.39 is 6.43 Å². The van der Waals surface area contributed by atoms with Crippen LogP contribution >= 0.6 is 0 Å². The molecule has 18 heavy (non-hydrogen) atoms. The molecule has 0 spiro atoms. The van der Waals surface area contributed by atoms with E-state index in [9.17, 15) is 13.6 Å². The van der Waals surface area contributed by atoms with E-state index in [-0.39, 0.29) is 18.0 Å². The Labute approximate surface area is 106 Å². The highest BCUT2D eigenvalue weighted by molar-refractivity contribution is 5.77. The fourth-order valence-electron chi connectivity index (χ4n) is 1.41. The normalized spacial score (nSPS) is 10.7. The van der Waals surface area contributed by atoms with Gasteiger partial charge in [0, 0.05) is 25.7 Å². The molecule has 3 nitrogen and oxygen atoms in total. The molecule has 0 saturated heterocycles. The molecule has 1 aromatic carbocycles. The molecule has 0 aromatic heterocycles. The minimum absolute atomic E-state index is 0.0144. The summed E-state index contributed by atoms with van der Waals surface area (Å²) in [5, 5.41) is 2.99. The Balaban J connectivity index is 2.38. The zero-order valence-electron chi connectivity index (χ0n) is 10.6. The van der Waals surface area contributed by atoms with E-state index in [1.807, 2.05) is 6.92 Å². The molecule has 1 N–H and O–H groups in total. The number of amides is 1. The van der Waals surface area contributed by atoms with Crippen molar-refractivity contribution < 1.29 is 13.6 Å². The number of nitrogens with zero attached hydrogens (tertiary/aromatic N) is 1. The molecular weight excluding hydrogens is 238 g/mol. The number of benzene rings is 1. The lowest BCUT2D eigenvalue weighted by molar-refractivity contribution is -0.128. The summed E-state index contributed by atoms with van der Waals surface area (Å²) in [5.41, 5.74) is 0.895. The van der Waals surface area contributed by atoms with Crippen molar-refractivity contribution in [3.8, 4) is 0 Å². The van der Waals surface area contributed by atoms with Gasteiger partial charge >= 0.3 is 0 Å². The fraction of sp³-hybridized carbons (Fsp3) is 0.462. The van der Waals surface area contributed by atoms with E-state index in [4.69, 9.17) is 0 Å². The number of alkyl halides is 2. The second-order valence-electron chi connectivity index (χ2n) is 4.05. The van der Waals surface area contributed by atoms with Crippen LogP contribution in [0.3, 0.4) is 0 Å². The van der Waals surface area contributed by atoms with E-state index in [0.717, 1.165) is 5.56 Å². The summed E-state index contributed by atoms with van der Waals surface area (Å²) >= 11 is 0. The van der Waals surface area contributed by atoms with E-state index in [1.165, 1.54) is 12.1 Å². The highest BCUT2D eigenvalue weighted by atomic mass is 19.3. The molecule has 0 aliphatic heterocycles. The summed E-state index contributed by atoms with van der Waals surface area (Å²) in [4.78, 5) is 13.1. The van der Waals surface area contributed by atoms with Gasteiger partial charge in [0.1, 0.15) is 0 Å². The van der Waals surface area contributed by atoms with Crippen molar-refractivity contribution in [1.29, 1.82) is 0 Å². The Morgan fingerprint density at radius 1 is 1.33 bits per heavy atom. The third-order valence-electron chi connectivity index (χ3n) is 2.74. The van der Waals surface area contributed by atoms with Crippen LogP contribution in [0.5, 0.6) is 0 Å². The molecule has 0 atom stereocenters. The summed E-state index contributed by atoms with van der Waals surface area (Å²) in [6.07, 6.45) is -2.44. The van der Waals surface area contributed by atoms with Gasteiger partial charge in [-0.05, 0) is 12.5 Å². The van der Waals surface area contributed by atoms with Gasteiger partial charge in [-0.3, -0.25) is 4.79 Å². The first-order valence-electron chi connectivity index (χ1n) is 5.86. The van der Waals surface area contributed by atoms with Gasteiger partial charge in [-0.2, -0.15) is 0 Å². The van der Waals surface area contributed by atoms with Crippen LogP contribution in [0.25, 0.3) is 0 Å². The minimum atomic E-state index is -2.44. The van der Waals surface area contributed by atoms with Crippen LogP contribution in [-0.2, 0) is 11.3 Å². The number of nitrogens with one attached hydrogen (secondary N) is 1. The number of hydrogen-bond donors (Lipinski definition) is 1. The molecular formula is C13H18F2N2O. The summed E-state index contributed by atoms with van der Waals surface area (Å²) in [6, 6.07) is 6.09. The maximum absolute atomic E-state index is 12.3. The van der Waals surface area contributed by atoms with Crippen molar-refractivity contribution in [2.45, 2.75) is 19.9 Å². The Morgan fingerprint density at radius 3 is 2.44 bits per heavy atom. The number of carbonyl (C=O) groups is 1. The molecule has 0 heterocycles. The first-order valence-corrected chi connectivity index (χ1v) is 5.86. The van der Waals surface area contributed by atoms with Gasteiger partial charge in [-0.1, -0.05) is 24.3 Å². The second-order valence-corrected chi connectivity index (χ2v) is 4.05. The van der Waals surface area contributed by atoms with Crippen LogP contribution in [0.2, 0.25) is 0 Å². The molecule has 1 rings (SSSR count). The molecule has 1 amide bonds. The lowest BCUT2D eigenvalue weighted by Gasteiger charge is -2.14. The summed E-state index contributed by atoms with van der Waals surface area (Å²) in [6.45, 7) is 3.32. The van der Waals surface area contributed by atoms with Gasteiger partial charge in [-0.25, -0.2) is 8.78 Å². The molecule has 0 radical (unpaired) electrons. The maximum Gasteiger partial charge on any atom is 0.263 e. The van der Waals surface area contributed by atoms with E-state index in [1.54, 1.807) is 24.1 Å². The number of likely N-dealkylation sites (N-methyl/N-ethyl adjacent to an activating group) is 1. The van der Waals surface area contributed by atoms with Gasteiger partial charge in [0.05, 0.1) is 6.54 Å². The predicted octanol–water partition coefficient (Wildman–Crippen LogP) is 2.19. The van der Waals surface area contributed by atoms with Gasteiger partial charge < -0.3 is 10.2 Å². The summed E-state index contributed by atoms with van der Waals surface area (Å²) < 4.78 is 24.6. The average Bonchev–Trinajstić information content (AvgIpc) is 2.38. The van der Waals surface area contributed by atoms with Crippen molar-refractivity contribution in [3.05, 3.63) is 35.4 Å². The van der Waals surface area contributed by atoms with Crippen LogP contribution in [-0.4, -0.2) is 30.9 Å². The molecule has 0 aliphatic carbocycles. The monoisotopic (exact) mass is 256 g/mol. The van der Waals surface area contributed by atoms with Crippen molar-refractivity contribution in [2.24, 2.45) is 0 Å². The average molecular weight is 256 g/mol. The molecule has 0 unspecified atom stereocenters. The van der Waals surface area contributed by atoms with E-state index >= 15 is 0 Å². The lowest BCUT2D eigenvalue weighted by atomic mass is 10.1. The quantitative estimate of drug-likeness (QED) is 0.846. The van der Waals surface area contributed by atoms with Crippen LogP contribution in [0, 0.1) is 0 Å². The van der Waals surface area contributed by atoms with Crippen LogP contribution < -0.4 is 5.32 Å². The molecule has 100 valence electrons. The standard InChI is InChI=1S/C13H18F2N2O/c1-3-17(2)12(18)9-16-8-10-4-6-11(7-5-10)13(14)15/h4-7,13,16H,3,8-9H2,1-2H3. The van der Waals surface area contributed by atoms with E-state index in [0.29, 0.717) is 13.1 Å². The van der Waals surface area contributed by atoms with Crippen LogP contribution in [0.4, 0.5) is 8.78 Å². The predicted molar refractivity (Wildman–Crippen MR) is 66.4 cm³/mol. The fourth-order valence-corrected chi connectivity index (χ4v) is 1.41. The number of halogens is 2. The smallest absolute Gasteiger partial charge is 0.263 e. The highest BCUT2D eigenvalue weighted by Crippen LogP contribution is 2.18. The zero-order valence-corrected chi connectivity index (χ0v) is 10.6. The topological polar surface area (TPSA) is 32.3 Å². The zero-order chi connectivity index (χ0) is 13.5. The lowest BCUT2D eigenvalue weighted by Crippen LogP contribution is -2.35. The van der Waals surface area contributed by atoms with Crippen molar-refractivity contribution in [1.82, 2.24) is 10.2 Å². The maximum atomic E-state index is 12.3. The first kappa shape index (κ1) is 14.6. The van der Waals surface area contributed by atoms with Crippen molar-refractivity contribution >= 4 is 5.91 Å². The molecule has 0 aliphatic rings. The van der Waals surface area contributed by atoms with E-state index in [2.05, 4.69) is 5.32 Å². The Hall–Kier alpha value is -1.49. The molecule has 0 fully saturated rings. The third kappa shape index (κ3) is 4.41. The number of hydrogen-bond acceptors (Lipinski definition) is 2. The van der Waals surface area contributed by atoms with Crippen molar-refractivity contribution in [2.75, 3.05) is 20.1 Å². The minimum Gasteiger partial charge on any atom is -0.345 e. The van der Waals surface area contributed by atoms with Crippen LogP contribution in [0.15, 0.2) is 24.3 Å². The number of rotatable bonds is 6. The molecule has 0 saturated carbocycles. The first-order chi connectivity index (χ1) is 8.54. The largest absolute Gasteiger partial charge is 0.345 e. The molecule has 0 bridgehead atoms. The summed E-state index contributed by atoms with van der Waals surface area (Å²) in [7, 11) is 1.74. The Bertz CT molecular complexity index is 379. The SMILES string of the molecule is CCN(C)C(=O)CNCc1ccc(C(F)F)cc1. The van der Waals surface area contributed by atoms with Crippen LogP contribution in [0.1, 0.15) is 24.5 Å².